The van der Waals surface area contributed by atoms with E-state index in [1.54, 1.807) is 24.3 Å². The highest BCUT2D eigenvalue weighted by Crippen LogP contribution is 2.35. The Morgan fingerprint density at radius 2 is 1.92 bits per heavy atom. The van der Waals surface area contributed by atoms with Crippen molar-refractivity contribution >= 4 is 44.7 Å². The van der Waals surface area contributed by atoms with Crippen molar-refractivity contribution in [1.29, 1.82) is 0 Å². The molecule has 9 nitrogen and oxygen atoms in total. The molecule has 0 unspecified atom stereocenters. The van der Waals surface area contributed by atoms with Crippen LogP contribution in [0.25, 0.3) is 0 Å². The molecule has 0 bridgehead atoms. The topological polar surface area (TPSA) is 98.7 Å². The van der Waals surface area contributed by atoms with E-state index in [1.165, 1.54) is 24.2 Å². The van der Waals surface area contributed by atoms with Gasteiger partial charge in [-0.3, -0.25) is 9.52 Å². The minimum Gasteiger partial charge on any atom is -0.369 e. The Kier molecular flexibility index (Phi) is 7.21. The number of halogens is 1. The number of rotatable bonds is 7. The summed E-state index contributed by atoms with van der Waals surface area (Å²) >= 11 is 6.41. The second kappa shape index (κ2) is 10.5. The molecule has 2 aliphatic rings. The van der Waals surface area contributed by atoms with Crippen LogP contribution in [-0.2, 0) is 21.2 Å². The first-order valence-corrected chi connectivity index (χ1v) is 14.1. The summed E-state index contributed by atoms with van der Waals surface area (Å²) in [5.41, 5.74) is 3.22. The first kappa shape index (κ1) is 25.3. The normalized spacial score (nSPS) is 17.6. The minimum atomic E-state index is -3.75. The number of nitrogens with zero attached hydrogens (tertiary/aromatic N) is 5. The number of benzene rings is 2. The van der Waals surface area contributed by atoms with Crippen LogP contribution in [0.15, 0.2) is 66.0 Å². The van der Waals surface area contributed by atoms with Gasteiger partial charge in [-0.2, -0.15) is 0 Å². The van der Waals surface area contributed by atoms with Gasteiger partial charge < -0.3 is 14.7 Å². The van der Waals surface area contributed by atoms with Gasteiger partial charge in [0, 0.05) is 57.1 Å². The first-order chi connectivity index (χ1) is 17.8. The Balaban J connectivity index is 1.16. The zero-order valence-electron chi connectivity index (χ0n) is 20.5. The maximum absolute atomic E-state index is 13.1. The molecule has 2 aliphatic heterocycles. The molecule has 0 radical (unpaired) electrons. The number of para-hydroxylation sites is 1. The maximum atomic E-state index is 13.1. The van der Waals surface area contributed by atoms with Crippen LogP contribution in [0, 0.1) is 0 Å². The molecule has 194 valence electrons. The Morgan fingerprint density at radius 3 is 2.65 bits per heavy atom. The van der Waals surface area contributed by atoms with Crippen molar-refractivity contribution in [1.82, 2.24) is 14.9 Å². The van der Waals surface area contributed by atoms with Crippen molar-refractivity contribution < 1.29 is 13.2 Å². The Bertz CT molecular complexity index is 1370. The molecule has 3 heterocycles. The van der Waals surface area contributed by atoms with E-state index in [-0.39, 0.29) is 22.7 Å². The van der Waals surface area contributed by atoms with E-state index >= 15 is 0 Å². The van der Waals surface area contributed by atoms with Gasteiger partial charge in [0.2, 0.25) is 5.91 Å². The molecule has 1 saturated heterocycles. The number of carbonyl (C=O) groups is 1. The third-order valence-corrected chi connectivity index (χ3v) is 8.59. The number of nitrogens with one attached hydrogen (secondary N) is 1. The molecule has 1 aromatic heterocycles. The average Bonchev–Trinajstić information content (AvgIpc) is 3.32. The van der Waals surface area contributed by atoms with Crippen LogP contribution in [0.2, 0.25) is 5.02 Å². The van der Waals surface area contributed by atoms with Crippen LogP contribution in [0.5, 0.6) is 0 Å². The highest BCUT2D eigenvalue weighted by molar-refractivity contribution is 7.92. The van der Waals surface area contributed by atoms with Crippen molar-refractivity contribution in [3.8, 4) is 0 Å². The summed E-state index contributed by atoms with van der Waals surface area (Å²) in [6.45, 7) is 5.57. The molecule has 1 fully saturated rings. The van der Waals surface area contributed by atoms with Gasteiger partial charge in [-0.1, -0.05) is 23.7 Å². The molecule has 2 aromatic carbocycles. The number of hydrogen-bond donors (Lipinski definition) is 1. The SMILES string of the molecule is C[C@H]1CN(c2ccc(S(=O)(=O)Nc3ccncn3)cc2)CCN1C(=O)CCN1CCc2cccc(Cl)c21. The number of piperazine rings is 1. The minimum absolute atomic E-state index is 0.0403. The Morgan fingerprint density at radius 1 is 1.11 bits per heavy atom. The maximum Gasteiger partial charge on any atom is 0.263 e. The molecule has 0 saturated carbocycles. The number of amides is 1. The van der Waals surface area contributed by atoms with E-state index < -0.39 is 10.0 Å². The van der Waals surface area contributed by atoms with Crippen LogP contribution in [-0.4, -0.2) is 68.0 Å². The third kappa shape index (κ3) is 5.50. The van der Waals surface area contributed by atoms with Crippen molar-refractivity contribution in [2.24, 2.45) is 0 Å². The van der Waals surface area contributed by atoms with E-state index in [4.69, 9.17) is 11.6 Å². The van der Waals surface area contributed by atoms with Crippen molar-refractivity contribution in [2.75, 3.05) is 47.2 Å². The van der Waals surface area contributed by atoms with E-state index in [2.05, 4.69) is 37.5 Å². The highest BCUT2D eigenvalue weighted by atomic mass is 35.5. The summed E-state index contributed by atoms with van der Waals surface area (Å²) in [4.78, 5) is 27.3. The molecule has 11 heteroatoms. The standard InChI is InChI=1S/C26H29ClN6O3S/c1-19-17-32(21-5-7-22(8-6-21)37(35,36)30-24-9-12-28-18-29-24)15-16-33(19)25(34)11-14-31-13-10-20-3-2-4-23(27)26(20)31/h2-9,12,18-19H,10-11,13-17H2,1H3,(H,28,29,30)/t19-/m0/s1. The largest absolute Gasteiger partial charge is 0.369 e. The summed E-state index contributed by atoms with van der Waals surface area (Å²) in [5.74, 6) is 0.357. The lowest BCUT2D eigenvalue weighted by Gasteiger charge is -2.41. The number of carbonyl (C=O) groups excluding carboxylic acids is 1. The van der Waals surface area contributed by atoms with Gasteiger partial charge in [0.25, 0.3) is 10.0 Å². The van der Waals surface area contributed by atoms with Gasteiger partial charge >= 0.3 is 0 Å². The molecule has 3 aromatic rings. The van der Waals surface area contributed by atoms with Gasteiger partial charge in [-0.15, -0.1) is 0 Å². The van der Waals surface area contributed by atoms with Crippen molar-refractivity contribution in [2.45, 2.75) is 30.7 Å². The summed E-state index contributed by atoms with van der Waals surface area (Å²) in [6, 6.07) is 14.3. The van der Waals surface area contributed by atoms with E-state index in [1.807, 2.05) is 17.0 Å². The van der Waals surface area contributed by atoms with Crippen molar-refractivity contribution in [3.05, 3.63) is 71.6 Å². The quantitative estimate of drug-likeness (QED) is 0.490. The zero-order valence-corrected chi connectivity index (χ0v) is 22.1. The molecule has 5 rings (SSSR count). The lowest BCUT2D eigenvalue weighted by atomic mass is 10.1. The third-order valence-electron chi connectivity index (χ3n) is 6.91. The molecule has 1 amide bonds. The summed E-state index contributed by atoms with van der Waals surface area (Å²) in [5, 5.41) is 0.744. The van der Waals surface area contributed by atoms with Gasteiger partial charge in [0.15, 0.2) is 0 Å². The number of anilines is 3. The summed E-state index contributed by atoms with van der Waals surface area (Å²) in [6.07, 6.45) is 4.16. The molecular formula is C26H29ClN6O3S. The first-order valence-electron chi connectivity index (χ1n) is 12.3. The Labute approximate surface area is 222 Å². The fourth-order valence-electron chi connectivity index (χ4n) is 5.03. The monoisotopic (exact) mass is 540 g/mol. The second-order valence-corrected chi connectivity index (χ2v) is 11.4. The van der Waals surface area contributed by atoms with Gasteiger partial charge in [0.1, 0.15) is 12.1 Å². The molecular weight excluding hydrogens is 512 g/mol. The zero-order chi connectivity index (χ0) is 26.0. The predicted molar refractivity (Wildman–Crippen MR) is 145 cm³/mol. The molecule has 1 atom stereocenters. The van der Waals surface area contributed by atoms with Crippen LogP contribution < -0.4 is 14.5 Å². The molecule has 1 N–H and O–H groups in total. The average molecular weight is 541 g/mol. The van der Waals surface area contributed by atoms with Crippen LogP contribution in [0.1, 0.15) is 18.9 Å². The lowest BCUT2D eigenvalue weighted by molar-refractivity contribution is -0.133. The van der Waals surface area contributed by atoms with E-state index in [0.717, 1.165) is 29.4 Å². The van der Waals surface area contributed by atoms with Crippen LogP contribution >= 0.6 is 11.6 Å². The fourth-order valence-corrected chi connectivity index (χ4v) is 6.35. The Hall–Kier alpha value is -3.37. The molecule has 0 aliphatic carbocycles. The number of fused-ring (bicyclic) bond motifs is 1. The van der Waals surface area contributed by atoms with Crippen LogP contribution in [0.4, 0.5) is 17.2 Å². The highest BCUT2D eigenvalue weighted by Gasteiger charge is 2.29. The molecule has 37 heavy (non-hydrogen) atoms. The van der Waals surface area contributed by atoms with Gasteiger partial charge in [0.05, 0.1) is 15.6 Å². The number of aromatic nitrogens is 2. The second-order valence-electron chi connectivity index (χ2n) is 9.31. The van der Waals surface area contributed by atoms with Crippen LogP contribution in [0.3, 0.4) is 0 Å². The van der Waals surface area contributed by atoms with E-state index in [0.29, 0.717) is 32.6 Å². The fraction of sp³-hybridized carbons (Fsp3) is 0.346. The molecule has 0 spiro atoms. The van der Waals surface area contributed by atoms with Gasteiger partial charge in [-0.05, 0) is 55.3 Å². The van der Waals surface area contributed by atoms with E-state index in [9.17, 15) is 13.2 Å². The smallest absolute Gasteiger partial charge is 0.263 e. The summed E-state index contributed by atoms with van der Waals surface area (Å²) < 4.78 is 27.8. The predicted octanol–water partition coefficient (Wildman–Crippen LogP) is 3.42. The number of sulfonamides is 1. The van der Waals surface area contributed by atoms with Gasteiger partial charge in [-0.25, -0.2) is 18.4 Å². The summed E-state index contributed by atoms with van der Waals surface area (Å²) in [7, 11) is -3.75. The van der Waals surface area contributed by atoms with Crippen molar-refractivity contribution in [3.63, 3.8) is 0 Å². The lowest BCUT2D eigenvalue weighted by Crippen LogP contribution is -2.54. The number of hydrogen-bond acceptors (Lipinski definition) is 7.